The predicted molar refractivity (Wildman–Crippen MR) is 74.3 cm³/mol. The van der Waals surface area contributed by atoms with E-state index in [0.717, 1.165) is 24.7 Å². The zero-order chi connectivity index (χ0) is 12.5. The number of nitrogens with two attached hydrogens (primary N) is 1. The lowest BCUT2D eigenvalue weighted by atomic mass is 10.1. The largest absolute Gasteiger partial charge is 0.384 e. The molecule has 0 spiro atoms. The number of hydrogen-bond donors (Lipinski definition) is 2. The summed E-state index contributed by atoms with van der Waals surface area (Å²) in [7, 11) is 0. The monoisotopic (exact) mass is 244 g/mol. The number of piperazine rings is 1. The highest BCUT2D eigenvalue weighted by Gasteiger charge is 2.31. The predicted octanol–water partition coefficient (Wildman–Crippen LogP) is 1.26. The molecule has 1 aliphatic carbocycles. The van der Waals surface area contributed by atoms with Gasteiger partial charge in [0, 0.05) is 43.5 Å². The van der Waals surface area contributed by atoms with Crippen molar-refractivity contribution >= 4 is 11.5 Å². The molecule has 4 heteroatoms. The van der Waals surface area contributed by atoms with E-state index < -0.39 is 0 Å². The Kier molecular flexibility index (Phi) is 2.96. The average molecular weight is 244 g/mol. The molecule has 0 unspecified atom stereocenters. The highest BCUT2D eigenvalue weighted by atomic mass is 15.3. The quantitative estimate of drug-likeness (QED) is 0.621. The van der Waals surface area contributed by atoms with E-state index in [1.165, 1.54) is 31.6 Å². The van der Waals surface area contributed by atoms with Crippen molar-refractivity contribution in [2.45, 2.75) is 18.9 Å². The van der Waals surface area contributed by atoms with Crippen LogP contribution in [-0.4, -0.2) is 43.0 Å². The van der Waals surface area contributed by atoms with Gasteiger partial charge in [-0.15, -0.1) is 0 Å². The molecule has 18 heavy (non-hydrogen) atoms. The molecule has 2 fully saturated rings. The highest BCUT2D eigenvalue weighted by molar-refractivity contribution is 5.95. The normalized spacial score (nSPS) is 21.0. The van der Waals surface area contributed by atoms with Gasteiger partial charge in [-0.2, -0.15) is 0 Å². The average Bonchev–Trinajstić information content (AvgIpc) is 3.23. The minimum Gasteiger partial charge on any atom is -0.384 e. The molecule has 1 aliphatic heterocycles. The number of anilines is 1. The van der Waals surface area contributed by atoms with E-state index >= 15 is 0 Å². The molecule has 0 aromatic heterocycles. The van der Waals surface area contributed by atoms with E-state index in [1.54, 1.807) is 0 Å². The van der Waals surface area contributed by atoms with Crippen molar-refractivity contribution in [3.63, 3.8) is 0 Å². The van der Waals surface area contributed by atoms with E-state index in [4.69, 9.17) is 11.1 Å². The summed E-state index contributed by atoms with van der Waals surface area (Å²) in [6, 6.07) is 8.90. The summed E-state index contributed by atoms with van der Waals surface area (Å²) < 4.78 is 0. The second kappa shape index (κ2) is 4.61. The van der Waals surface area contributed by atoms with E-state index in [-0.39, 0.29) is 5.84 Å². The SMILES string of the molecule is N=C(N)c1ccc(N2CCN(C3CC3)CC2)cc1. The van der Waals surface area contributed by atoms with Crippen LogP contribution in [0.4, 0.5) is 5.69 Å². The summed E-state index contributed by atoms with van der Waals surface area (Å²) in [5.74, 6) is 0.139. The molecule has 3 rings (SSSR count). The Balaban J connectivity index is 1.62. The van der Waals surface area contributed by atoms with E-state index in [9.17, 15) is 0 Å². The van der Waals surface area contributed by atoms with Crippen LogP contribution < -0.4 is 10.6 Å². The standard InChI is InChI=1S/C14H20N4/c15-14(16)11-1-3-12(4-2-11)17-7-9-18(10-8-17)13-5-6-13/h1-4,13H,5-10H2,(H3,15,16). The third-order valence-electron chi connectivity index (χ3n) is 3.92. The topological polar surface area (TPSA) is 56.4 Å². The molecule has 1 aromatic rings. The Bertz CT molecular complexity index is 428. The van der Waals surface area contributed by atoms with Crippen LogP contribution in [0.25, 0.3) is 0 Å². The molecule has 0 amide bonds. The van der Waals surface area contributed by atoms with Crippen LogP contribution in [0.5, 0.6) is 0 Å². The Labute approximate surface area is 108 Å². The summed E-state index contributed by atoms with van der Waals surface area (Å²) >= 11 is 0. The Morgan fingerprint density at radius 3 is 2.17 bits per heavy atom. The third-order valence-corrected chi connectivity index (χ3v) is 3.92. The van der Waals surface area contributed by atoms with Crippen LogP contribution in [0.1, 0.15) is 18.4 Å². The molecule has 0 atom stereocenters. The van der Waals surface area contributed by atoms with Crippen molar-refractivity contribution in [3.05, 3.63) is 29.8 Å². The molecule has 96 valence electrons. The fraction of sp³-hybridized carbons (Fsp3) is 0.500. The van der Waals surface area contributed by atoms with Crippen molar-refractivity contribution in [1.82, 2.24) is 4.90 Å². The minimum absolute atomic E-state index is 0.139. The van der Waals surface area contributed by atoms with Crippen molar-refractivity contribution in [2.24, 2.45) is 5.73 Å². The fourth-order valence-corrected chi connectivity index (χ4v) is 2.64. The van der Waals surface area contributed by atoms with Crippen LogP contribution in [0, 0.1) is 5.41 Å². The summed E-state index contributed by atoms with van der Waals surface area (Å²) in [5, 5.41) is 7.39. The van der Waals surface area contributed by atoms with Gasteiger partial charge < -0.3 is 10.6 Å². The van der Waals surface area contributed by atoms with Crippen LogP contribution in [0.2, 0.25) is 0 Å². The zero-order valence-electron chi connectivity index (χ0n) is 10.6. The van der Waals surface area contributed by atoms with Crippen molar-refractivity contribution in [1.29, 1.82) is 5.41 Å². The molecule has 0 bridgehead atoms. The molecule has 2 aliphatic rings. The number of rotatable bonds is 3. The van der Waals surface area contributed by atoms with Crippen LogP contribution in [0.3, 0.4) is 0 Å². The number of hydrogen-bond acceptors (Lipinski definition) is 3. The van der Waals surface area contributed by atoms with E-state index in [0.29, 0.717) is 0 Å². The summed E-state index contributed by atoms with van der Waals surface area (Å²) in [6.07, 6.45) is 2.79. The number of nitrogens with zero attached hydrogens (tertiary/aromatic N) is 2. The summed E-state index contributed by atoms with van der Waals surface area (Å²) in [6.45, 7) is 4.57. The van der Waals surface area contributed by atoms with Gasteiger partial charge in [0.1, 0.15) is 5.84 Å². The van der Waals surface area contributed by atoms with Crippen LogP contribution in [-0.2, 0) is 0 Å². The number of benzene rings is 1. The van der Waals surface area contributed by atoms with Crippen LogP contribution in [0.15, 0.2) is 24.3 Å². The molecule has 1 saturated carbocycles. The molecule has 1 saturated heterocycles. The maximum absolute atomic E-state index is 7.39. The van der Waals surface area contributed by atoms with E-state index in [2.05, 4.69) is 21.9 Å². The van der Waals surface area contributed by atoms with Crippen LogP contribution >= 0.6 is 0 Å². The Morgan fingerprint density at radius 2 is 1.67 bits per heavy atom. The second-order valence-electron chi connectivity index (χ2n) is 5.21. The first kappa shape index (κ1) is 11.5. The Hall–Kier alpha value is -1.55. The van der Waals surface area contributed by atoms with Gasteiger partial charge in [-0.05, 0) is 37.1 Å². The lowest BCUT2D eigenvalue weighted by molar-refractivity contribution is 0.248. The molecule has 0 radical (unpaired) electrons. The smallest absolute Gasteiger partial charge is 0.122 e. The Morgan fingerprint density at radius 1 is 1.06 bits per heavy atom. The lowest BCUT2D eigenvalue weighted by Gasteiger charge is -2.36. The third kappa shape index (κ3) is 2.34. The lowest BCUT2D eigenvalue weighted by Crippen LogP contribution is -2.47. The summed E-state index contributed by atoms with van der Waals surface area (Å²) in [5.41, 5.74) is 7.51. The van der Waals surface area contributed by atoms with Crippen molar-refractivity contribution in [3.8, 4) is 0 Å². The first-order valence-electron chi connectivity index (χ1n) is 6.67. The molecular formula is C14H20N4. The minimum atomic E-state index is 0.139. The molecule has 3 N–H and O–H groups in total. The highest BCUT2D eigenvalue weighted by Crippen LogP contribution is 2.28. The fourth-order valence-electron chi connectivity index (χ4n) is 2.64. The van der Waals surface area contributed by atoms with Gasteiger partial charge in [0.2, 0.25) is 0 Å². The van der Waals surface area contributed by atoms with Gasteiger partial charge in [0.05, 0.1) is 0 Å². The second-order valence-corrected chi connectivity index (χ2v) is 5.21. The number of amidine groups is 1. The van der Waals surface area contributed by atoms with Gasteiger partial charge in [-0.1, -0.05) is 0 Å². The van der Waals surface area contributed by atoms with Gasteiger partial charge >= 0.3 is 0 Å². The summed E-state index contributed by atoms with van der Waals surface area (Å²) in [4.78, 5) is 5.03. The number of nitrogens with one attached hydrogen (secondary N) is 1. The first-order chi connectivity index (χ1) is 8.74. The first-order valence-corrected chi connectivity index (χ1v) is 6.67. The van der Waals surface area contributed by atoms with Crippen molar-refractivity contribution in [2.75, 3.05) is 31.1 Å². The molecule has 1 aromatic carbocycles. The van der Waals surface area contributed by atoms with Gasteiger partial charge in [-0.3, -0.25) is 10.3 Å². The van der Waals surface area contributed by atoms with Gasteiger partial charge in [0.25, 0.3) is 0 Å². The molecule has 1 heterocycles. The van der Waals surface area contributed by atoms with Gasteiger partial charge in [-0.25, -0.2) is 0 Å². The molecular weight excluding hydrogens is 224 g/mol. The maximum atomic E-state index is 7.39. The van der Waals surface area contributed by atoms with Crippen molar-refractivity contribution < 1.29 is 0 Å². The van der Waals surface area contributed by atoms with E-state index in [1.807, 2.05) is 12.1 Å². The number of nitrogen functional groups attached to an aromatic ring is 1. The zero-order valence-corrected chi connectivity index (χ0v) is 10.6. The maximum Gasteiger partial charge on any atom is 0.122 e. The molecule has 4 nitrogen and oxygen atoms in total. The van der Waals surface area contributed by atoms with Gasteiger partial charge in [0.15, 0.2) is 0 Å².